The molecule has 16 heavy (non-hydrogen) atoms. The van der Waals surface area contributed by atoms with Crippen LogP contribution < -0.4 is 0 Å². The van der Waals surface area contributed by atoms with Crippen LogP contribution in [0.3, 0.4) is 0 Å². The van der Waals surface area contributed by atoms with Gasteiger partial charge in [-0.15, -0.1) is 0 Å². The summed E-state index contributed by atoms with van der Waals surface area (Å²) in [7, 11) is -1.42. The topological polar surface area (TPSA) is 55.2 Å². The molecule has 1 aliphatic rings. The molecule has 0 spiro atoms. The molecular formula is C10H17N3O2S. The standard InChI is InChI=1S/C10H17N3O2S/c1-9(10-11-5-8-12(10)2)16(14,15)13-6-3-4-7-13/h5,8-9H,3-4,6-7H2,1-2H3. The van der Waals surface area contributed by atoms with Crippen LogP contribution >= 0.6 is 0 Å². The van der Waals surface area contributed by atoms with Crippen LogP contribution in [0.2, 0.25) is 0 Å². The fourth-order valence-corrected chi connectivity index (χ4v) is 3.78. The van der Waals surface area contributed by atoms with E-state index in [-0.39, 0.29) is 0 Å². The van der Waals surface area contributed by atoms with Gasteiger partial charge in [-0.05, 0) is 19.8 Å². The predicted molar refractivity (Wildman–Crippen MR) is 61.3 cm³/mol. The summed E-state index contributed by atoms with van der Waals surface area (Å²) in [4.78, 5) is 4.11. The van der Waals surface area contributed by atoms with E-state index in [2.05, 4.69) is 4.98 Å². The lowest BCUT2D eigenvalue weighted by Crippen LogP contribution is -2.32. The number of aryl methyl sites for hydroxylation is 1. The zero-order valence-corrected chi connectivity index (χ0v) is 10.4. The van der Waals surface area contributed by atoms with Gasteiger partial charge in [-0.2, -0.15) is 0 Å². The minimum Gasteiger partial charge on any atom is -0.337 e. The molecule has 2 rings (SSSR count). The van der Waals surface area contributed by atoms with E-state index in [0.717, 1.165) is 12.8 Å². The molecule has 0 saturated carbocycles. The molecule has 1 atom stereocenters. The summed E-state index contributed by atoms with van der Waals surface area (Å²) in [5.41, 5.74) is 0. The van der Waals surface area contributed by atoms with E-state index >= 15 is 0 Å². The zero-order chi connectivity index (χ0) is 11.8. The van der Waals surface area contributed by atoms with Gasteiger partial charge >= 0.3 is 0 Å². The van der Waals surface area contributed by atoms with Gasteiger partial charge in [-0.1, -0.05) is 0 Å². The average molecular weight is 243 g/mol. The molecule has 1 aromatic heterocycles. The van der Waals surface area contributed by atoms with Crippen molar-refractivity contribution in [3.05, 3.63) is 18.2 Å². The highest BCUT2D eigenvalue weighted by atomic mass is 32.2. The second-order valence-corrected chi connectivity index (χ2v) is 6.44. The highest BCUT2D eigenvalue weighted by molar-refractivity contribution is 7.89. The van der Waals surface area contributed by atoms with Crippen LogP contribution in [0.4, 0.5) is 0 Å². The van der Waals surface area contributed by atoms with Crippen LogP contribution in [0, 0.1) is 0 Å². The highest BCUT2D eigenvalue weighted by Crippen LogP contribution is 2.26. The van der Waals surface area contributed by atoms with Crippen molar-refractivity contribution in [2.45, 2.75) is 25.0 Å². The van der Waals surface area contributed by atoms with Gasteiger partial charge in [0.05, 0.1) is 0 Å². The summed E-state index contributed by atoms with van der Waals surface area (Å²) in [6, 6.07) is 0. The van der Waals surface area contributed by atoms with E-state index in [1.807, 2.05) is 7.05 Å². The smallest absolute Gasteiger partial charge is 0.224 e. The van der Waals surface area contributed by atoms with Gasteiger partial charge in [0.2, 0.25) is 10.0 Å². The van der Waals surface area contributed by atoms with Crippen molar-refractivity contribution in [3.8, 4) is 0 Å². The number of aromatic nitrogens is 2. The SMILES string of the molecule is CC(c1nccn1C)S(=O)(=O)N1CCCC1. The minimum absolute atomic E-state index is 0.564. The third-order valence-corrected chi connectivity index (χ3v) is 5.28. The molecule has 0 bridgehead atoms. The van der Waals surface area contributed by atoms with Crippen molar-refractivity contribution in [2.75, 3.05) is 13.1 Å². The summed E-state index contributed by atoms with van der Waals surface area (Å²) in [5.74, 6) is 0.604. The zero-order valence-electron chi connectivity index (χ0n) is 9.63. The lowest BCUT2D eigenvalue weighted by atomic mass is 10.4. The monoisotopic (exact) mass is 243 g/mol. The maximum Gasteiger partial charge on any atom is 0.224 e. The molecule has 2 heterocycles. The van der Waals surface area contributed by atoms with Crippen molar-refractivity contribution in [1.29, 1.82) is 0 Å². The van der Waals surface area contributed by atoms with Crippen LogP contribution in [0.25, 0.3) is 0 Å². The number of imidazole rings is 1. The third-order valence-electron chi connectivity index (χ3n) is 3.09. The Morgan fingerprint density at radius 3 is 2.50 bits per heavy atom. The Balaban J connectivity index is 2.27. The van der Waals surface area contributed by atoms with Gasteiger partial charge in [-0.25, -0.2) is 17.7 Å². The highest BCUT2D eigenvalue weighted by Gasteiger charge is 2.33. The van der Waals surface area contributed by atoms with E-state index < -0.39 is 15.3 Å². The number of hydrogen-bond acceptors (Lipinski definition) is 3. The van der Waals surface area contributed by atoms with E-state index in [9.17, 15) is 8.42 Å². The summed E-state index contributed by atoms with van der Waals surface area (Å²) >= 11 is 0. The summed E-state index contributed by atoms with van der Waals surface area (Å²) < 4.78 is 27.8. The van der Waals surface area contributed by atoms with Gasteiger partial charge in [-0.3, -0.25) is 0 Å². The molecule has 0 aromatic carbocycles. The quantitative estimate of drug-likeness (QED) is 0.793. The maximum absolute atomic E-state index is 12.3. The predicted octanol–water partition coefficient (Wildman–Crippen LogP) is 0.907. The van der Waals surface area contributed by atoms with Gasteiger partial charge in [0.25, 0.3) is 0 Å². The largest absolute Gasteiger partial charge is 0.337 e. The van der Waals surface area contributed by atoms with Crippen molar-refractivity contribution < 1.29 is 8.42 Å². The van der Waals surface area contributed by atoms with Gasteiger partial charge in [0, 0.05) is 32.5 Å². The number of nitrogens with zero attached hydrogens (tertiary/aromatic N) is 3. The van der Waals surface area contributed by atoms with Crippen molar-refractivity contribution in [2.24, 2.45) is 7.05 Å². The first-order valence-corrected chi connectivity index (χ1v) is 7.00. The molecular weight excluding hydrogens is 226 g/mol. The third kappa shape index (κ3) is 1.87. The molecule has 0 amide bonds. The lowest BCUT2D eigenvalue weighted by Gasteiger charge is -2.20. The molecule has 90 valence electrons. The Hall–Kier alpha value is -0.880. The second kappa shape index (κ2) is 4.18. The Morgan fingerprint density at radius 2 is 2.00 bits per heavy atom. The molecule has 1 saturated heterocycles. The first-order valence-electron chi connectivity index (χ1n) is 5.49. The summed E-state index contributed by atoms with van der Waals surface area (Å²) in [6.07, 6.45) is 5.33. The molecule has 0 aliphatic carbocycles. The lowest BCUT2D eigenvalue weighted by molar-refractivity contribution is 0.465. The van der Waals surface area contributed by atoms with Crippen LogP contribution in [0.15, 0.2) is 12.4 Å². The summed E-state index contributed by atoms with van der Waals surface area (Å²) in [5, 5.41) is -0.564. The first-order chi connectivity index (χ1) is 7.53. The number of sulfonamides is 1. The first kappa shape index (κ1) is 11.6. The van der Waals surface area contributed by atoms with Crippen molar-refractivity contribution in [3.63, 3.8) is 0 Å². The van der Waals surface area contributed by atoms with E-state index in [1.165, 1.54) is 0 Å². The van der Waals surface area contributed by atoms with Gasteiger partial charge in [0.1, 0.15) is 11.1 Å². The number of rotatable bonds is 3. The molecule has 6 heteroatoms. The van der Waals surface area contributed by atoms with Crippen LogP contribution in [0.5, 0.6) is 0 Å². The fraction of sp³-hybridized carbons (Fsp3) is 0.700. The minimum atomic E-state index is -3.23. The van der Waals surface area contributed by atoms with Crippen molar-refractivity contribution >= 4 is 10.0 Å². The molecule has 1 fully saturated rings. The maximum atomic E-state index is 12.3. The molecule has 1 unspecified atom stereocenters. The summed E-state index contributed by atoms with van der Waals surface area (Å²) in [6.45, 7) is 3.00. The van der Waals surface area contributed by atoms with Crippen molar-refractivity contribution in [1.82, 2.24) is 13.9 Å². The molecule has 1 aromatic rings. The number of hydrogen-bond donors (Lipinski definition) is 0. The molecule has 5 nitrogen and oxygen atoms in total. The molecule has 0 radical (unpaired) electrons. The normalized spacial score (nSPS) is 20.1. The van der Waals surface area contributed by atoms with Crippen LogP contribution in [-0.2, 0) is 17.1 Å². The van der Waals surface area contributed by atoms with Crippen LogP contribution in [-0.4, -0.2) is 35.4 Å². The van der Waals surface area contributed by atoms with Gasteiger partial charge < -0.3 is 4.57 Å². The Labute approximate surface area is 96.1 Å². The molecule has 1 aliphatic heterocycles. The van der Waals surface area contributed by atoms with Crippen LogP contribution in [0.1, 0.15) is 30.8 Å². The Kier molecular flexibility index (Phi) is 3.03. The second-order valence-electron chi connectivity index (χ2n) is 4.19. The van der Waals surface area contributed by atoms with E-state index in [0.29, 0.717) is 18.9 Å². The average Bonchev–Trinajstić information content (AvgIpc) is 2.86. The fourth-order valence-electron chi connectivity index (χ4n) is 2.07. The Morgan fingerprint density at radius 1 is 1.38 bits per heavy atom. The molecule has 0 N–H and O–H groups in total. The van der Waals surface area contributed by atoms with E-state index in [1.54, 1.807) is 28.2 Å². The van der Waals surface area contributed by atoms with E-state index in [4.69, 9.17) is 0 Å². The van der Waals surface area contributed by atoms with Gasteiger partial charge in [0.15, 0.2) is 0 Å². The Bertz CT molecular complexity index is 460.